The van der Waals surface area contributed by atoms with Crippen molar-refractivity contribution in [1.82, 2.24) is 10.1 Å². The van der Waals surface area contributed by atoms with Crippen molar-refractivity contribution < 1.29 is 14.4 Å². The summed E-state index contributed by atoms with van der Waals surface area (Å²) in [5.74, 6) is 5.60. The summed E-state index contributed by atoms with van der Waals surface area (Å²) in [6, 6.07) is 0. The average Bonchev–Trinajstić information content (AvgIpc) is 2.26. The van der Waals surface area contributed by atoms with Crippen LogP contribution in [0, 0.1) is 0 Å². The van der Waals surface area contributed by atoms with Gasteiger partial charge >= 0.3 is 6.09 Å². The van der Waals surface area contributed by atoms with Gasteiger partial charge in [-0.1, -0.05) is 0 Å². The van der Waals surface area contributed by atoms with Gasteiger partial charge in [0.25, 0.3) is 0 Å². The third-order valence-corrected chi connectivity index (χ3v) is 1.81. The Bertz CT molecular complexity index is 227. The first-order valence-electron chi connectivity index (χ1n) is 5.01. The number of ether oxygens (including phenoxy) is 1. The summed E-state index contributed by atoms with van der Waals surface area (Å²) in [5, 5.41) is 2.84. The van der Waals surface area contributed by atoms with Crippen LogP contribution in [0.2, 0.25) is 0 Å². The first-order valence-corrected chi connectivity index (χ1v) is 5.01. The van der Waals surface area contributed by atoms with Gasteiger partial charge in [-0.25, -0.2) is 9.80 Å². The number of hydrazine groups is 1. The molecular formula is C9H19N3O3. The molecule has 0 saturated carbocycles. The van der Waals surface area contributed by atoms with Gasteiger partial charge in [-0.2, -0.15) is 5.06 Å². The van der Waals surface area contributed by atoms with Gasteiger partial charge in [0.2, 0.25) is 0 Å². The molecule has 0 spiro atoms. The molecule has 0 unspecified atom stereocenters. The van der Waals surface area contributed by atoms with E-state index in [0.717, 1.165) is 0 Å². The van der Waals surface area contributed by atoms with Crippen molar-refractivity contribution in [2.45, 2.75) is 26.4 Å². The van der Waals surface area contributed by atoms with Crippen molar-refractivity contribution in [1.29, 1.82) is 0 Å². The van der Waals surface area contributed by atoms with Gasteiger partial charge in [-0.3, -0.25) is 10.7 Å². The molecular weight excluding hydrogens is 198 g/mol. The molecule has 6 heteroatoms. The molecule has 88 valence electrons. The maximum absolute atomic E-state index is 11.6. The number of hydrogen-bond acceptors (Lipinski definition) is 5. The molecule has 1 aliphatic rings. The van der Waals surface area contributed by atoms with Crippen molar-refractivity contribution in [3.63, 3.8) is 0 Å². The van der Waals surface area contributed by atoms with Gasteiger partial charge in [0.1, 0.15) is 5.60 Å². The Morgan fingerprint density at radius 3 is 2.60 bits per heavy atom. The van der Waals surface area contributed by atoms with Crippen LogP contribution in [-0.4, -0.2) is 48.0 Å². The average molecular weight is 217 g/mol. The molecule has 2 N–H and O–H groups in total. The number of hydrogen-bond donors (Lipinski definition) is 1. The second-order valence-corrected chi connectivity index (χ2v) is 4.45. The largest absolute Gasteiger partial charge is 0.442 e. The zero-order chi connectivity index (χ0) is 11.5. The Morgan fingerprint density at radius 2 is 2.00 bits per heavy atom. The van der Waals surface area contributed by atoms with Gasteiger partial charge in [-0.15, -0.1) is 0 Å². The summed E-state index contributed by atoms with van der Waals surface area (Å²) >= 11 is 0. The van der Waals surface area contributed by atoms with E-state index in [0.29, 0.717) is 26.2 Å². The molecule has 0 radical (unpaired) electrons. The normalized spacial score (nSPS) is 19.9. The third-order valence-electron chi connectivity index (χ3n) is 1.81. The Morgan fingerprint density at radius 1 is 1.33 bits per heavy atom. The second-order valence-electron chi connectivity index (χ2n) is 4.45. The third kappa shape index (κ3) is 4.46. The van der Waals surface area contributed by atoms with Crippen LogP contribution in [0.15, 0.2) is 0 Å². The molecule has 0 aliphatic carbocycles. The molecule has 0 aromatic carbocycles. The van der Waals surface area contributed by atoms with E-state index in [2.05, 4.69) is 0 Å². The number of rotatable bonds is 0. The van der Waals surface area contributed by atoms with Crippen molar-refractivity contribution >= 4 is 6.09 Å². The molecule has 1 fully saturated rings. The van der Waals surface area contributed by atoms with Crippen LogP contribution >= 0.6 is 0 Å². The standard InChI is InChI=1S/C9H19N3O3/c1-9(2,3)15-8(13)12-5-4-11(10)6-7-14-12/h4-7,10H2,1-3H3. The van der Waals surface area contributed by atoms with Crippen molar-refractivity contribution in [3.05, 3.63) is 0 Å². The zero-order valence-corrected chi connectivity index (χ0v) is 9.52. The zero-order valence-electron chi connectivity index (χ0n) is 9.52. The molecule has 0 bridgehead atoms. The molecule has 0 aromatic rings. The van der Waals surface area contributed by atoms with E-state index < -0.39 is 11.7 Å². The number of nitrogens with zero attached hydrogens (tertiary/aromatic N) is 2. The molecule has 1 rings (SSSR count). The summed E-state index contributed by atoms with van der Waals surface area (Å²) in [6.45, 7) is 7.47. The predicted octanol–water partition coefficient (Wildman–Crippen LogP) is 0.344. The summed E-state index contributed by atoms with van der Waals surface area (Å²) in [4.78, 5) is 16.8. The van der Waals surface area contributed by atoms with Gasteiger partial charge in [-0.05, 0) is 20.8 Å². The van der Waals surface area contributed by atoms with Gasteiger partial charge in [0.05, 0.1) is 13.2 Å². The lowest BCUT2D eigenvalue weighted by atomic mass is 10.2. The molecule has 1 amide bonds. The lowest BCUT2D eigenvalue weighted by molar-refractivity contribution is -0.137. The minimum atomic E-state index is -0.505. The summed E-state index contributed by atoms with van der Waals surface area (Å²) in [7, 11) is 0. The molecule has 1 aliphatic heterocycles. The van der Waals surface area contributed by atoms with Gasteiger partial charge in [0.15, 0.2) is 0 Å². The van der Waals surface area contributed by atoms with E-state index in [4.69, 9.17) is 15.4 Å². The van der Waals surface area contributed by atoms with Crippen molar-refractivity contribution in [3.8, 4) is 0 Å². The fraction of sp³-hybridized carbons (Fsp3) is 0.889. The Kier molecular flexibility index (Phi) is 3.90. The van der Waals surface area contributed by atoms with Crippen LogP contribution < -0.4 is 5.84 Å². The molecule has 6 nitrogen and oxygen atoms in total. The van der Waals surface area contributed by atoms with Crippen LogP contribution in [0.25, 0.3) is 0 Å². The van der Waals surface area contributed by atoms with Crippen LogP contribution in [0.5, 0.6) is 0 Å². The van der Waals surface area contributed by atoms with Crippen LogP contribution in [0.4, 0.5) is 4.79 Å². The summed E-state index contributed by atoms with van der Waals surface area (Å²) in [5.41, 5.74) is -0.505. The van der Waals surface area contributed by atoms with Crippen LogP contribution in [0.1, 0.15) is 20.8 Å². The Balaban J connectivity index is 2.45. The maximum Gasteiger partial charge on any atom is 0.434 e. The van der Waals surface area contributed by atoms with E-state index in [1.54, 1.807) is 5.01 Å². The monoisotopic (exact) mass is 217 g/mol. The molecule has 1 saturated heterocycles. The van der Waals surface area contributed by atoms with Crippen LogP contribution in [0.3, 0.4) is 0 Å². The number of nitrogens with two attached hydrogens (primary N) is 1. The van der Waals surface area contributed by atoms with Gasteiger partial charge in [0, 0.05) is 13.1 Å². The lowest BCUT2D eigenvalue weighted by Gasteiger charge is -2.25. The fourth-order valence-corrected chi connectivity index (χ4v) is 1.12. The summed E-state index contributed by atoms with van der Waals surface area (Å²) in [6.07, 6.45) is -0.460. The minimum absolute atomic E-state index is 0.399. The fourth-order valence-electron chi connectivity index (χ4n) is 1.12. The molecule has 0 aromatic heterocycles. The number of amides is 1. The number of carbonyl (C=O) groups excluding carboxylic acids is 1. The highest BCUT2D eigenvalue weighted by Crippen LogP contribution is 2.10. The van der Waals surface area contributed by atoms with Crippen molar-refractivity contribution in [2.75, 3.05) is 26.2 Å². The Hall–Kier alpha value is -0.850. The Labute approximate surface area is 89.8 Å². The van der Waals surface area contributed by atoms with E-state index in [9.17, 15) is 4.79 Å². The summed E-state index contributed by atoms with van der Waals surface area (Å²) < 4.78 is 5.17. The van der Waals surface area contributed by atoms with E-state index in [1.165, 1.54) is 5.06 Å². The first-order chi connectivity index (χ1) is 6.88. The van der Waals surface area contributed by atoms with E-state index in [-0.39, 0.29) is 0 Å². The molecule has 15 heavy (non-hydrogen) atoms. The highest BCUT2D eigenvalue weighted by Gasteiger charge is 2.24. The van der Waals surface area contributed by atoms with Crippen LogP contribution in [-0.2, 0) is 9.57 Å². The molecule has 0 atom stereocenters. The van der Waals surface area contributed by atoms with E-state index >= 15 is 0 Å². The van der Waals surface area contributed by atoms with Crippen molar-refractivity contribution in [2.24, 2.45) is 5.84 Å². The lowest BCUT2D eigenvalue weighted by Crippen LogP contribution is -2.39. The SMILES string of the molecule is CC(C)(C)OC(=O)N1CCN(N)CCO1. The smallest absolute Gasteiger partial charge is 0.434 e. The topological polar surface area (TPSA) is 68.0 Å². The van der Waals surface area contributed by atoms with E-state index in [1.807, 2.05) is 20.8 Å². The predicted molar refractivity (Wildman–Crippen MR) is 54.7 cm³/mol. The number of hydroxylamine groups is 2. The highest BCUT2D eigenvalue weighted by molar-refractivity contribution is 5.66. The molecule has 1 heterocycles. The van der Waals surface area contributed by atoms with Gasteiger partial charge < -0.3 is 4.74 Å². The quantitative estimate of drug-likeness (QED) is 0.593. The first kappa shape index (κ1) is 12.2. The second kappa shape index (κ2) is 4.78. The minimum Gasteiger partial charge on any atom is -0.442 e. The highest BCUT2D eigenvalue weighted by atomic mass is 16.7. The number of carbonyl (C=O) groups is 1. The maximum atomic E-state index is 11.6.